The van der Waals surface area contributed by atoms with Gasteiger partial charge in [0.15, 0.2) is 0 Å². The van der Waals surface area contributed by atoms with E-state index in [2.05, 4.69) is 20.8 Å². The summed E-state index contributed by atoms with van der Waals surface area (Å²) in [6, 6.07) is 1.73. The highest BCUT2D eigenvalue weighted by atomic mass is 16.2. The van der Waals surface area contributed by atoms with Gasteiger partial charge in [0.2, 0.25) is 5.91 Å². The van der Waals surface area contributed by atoms with Crippen molar-refractivity contribution in [3.8, 4) is 0 Å². The molecule has 1 aromatic rings. The maximum absolute atomic E-state index is 11.7. The van der Waals surface area contributed by atoms with E-state index in [0.717, 1.165) is 25.0 Å². The molecule has 1 aromatic heterocycles. The molecule has 6 nitrogen and oxygen atoms in total. The van der Waals surface area contributed by atoms with E-state index in [-0.39, 0.29) is 17.7 Å². The highest BCUT2D eigenvalue weighted by Crippen LogP contribution is 2.28. The summed E-state index contributed by atoms with van der Waals surface area (Å²) in [4.78, 5) is 23.0. The number of rotatable bonds is 6. The molecule has 2 amide bonds. The van der Waals surface area contributed by atoms with Crippen LogP contribution in [0, 0.1) is 5.92 Å². The van der Waals surface area contributed by atoms with Gasteiger partial charge in [-0.2, -0.15) is 5.10 Å². The molecule has 1 aliphatic rings. The van der Waals surface area contributed by atoms with Crippen LogP contribution in [0.15, 0.2) is 6.07 Å². The lowest BCUT2D eigenvalue weighted by atomic mass is 10.3. The Hall–Kier alpha value is -1.85. The summed E-state index contributed by atoms with van der Waals surface area (Å²) < 4.78 is 0. The van der Waals surface area contributed by atoms with E-state index in [1.165, 1.54) is 0 Å². The molecule has 1 aliphatic carbocycles. The van der Waals surface area contributed by atoms with Crippen molar-refractivity contribution in [1.29, 1.82) is 0 Å². The van der Waals surface area contributed by atoms with E-state index in [4.69, 9.17) is 0 Å². The van der Waals surface area contributed by atoms with Crippen molar-refractivity contribution in [3.63, 3.8) is 0 Å². The molecule has 0 aliphatic heterocycles. The van der Waals surface area contributed by atoms with Gasteiger partial charge in [-0.05, 0) is 25.3 Å². The molecule has 0 atom stereocenters. The molecule has 3 N–H and O–H groups in total. The highest BCUT2D eigenvalue weighted by molar-refractivity contribution is 5.92. The van der Waals surface area contributed by atoms with E-state index in [0.29, 0.717) is 18.8 Å². The third kappa shape index (κ3) is 3.32. The largest absolute Gasteiger partial charge is 0.354 e. The van der Waals surface area contributed by atoms with Crippen LogP contribution < -0.4 is 10.6 Å². The Bertz CT molecular complexity index is 437. The van der Waals surface area contributed by atoms with Crippen LogP contribution in [0.25, 0.3) is 0 Å². The van der Waals surface area contributed by atoms with Crippen molar-refractivity contribution >= 4 is 11.8 Å². The summed E-state index contributed by atoms with van der Waals surface area (Å²) in [5.41, 5.74) is 1.32. The number of carbonyl (C=O) groups is 2. The van der Waals surface area contributed by atoms with E-state index >= 15 is 0 Å². The summed E-state index contributed by atoms with van der Waals surface area (Å²) in [5.74, 6) is 0.0862. The molecular formula is C12H18N4O2. The Balaban J connectivity index is 1.66. The van der Waals surface area contributed by atoms with E-state index in [1.807, 2.05) is 6.92 Å². The average molecular weight is 250 g/mol. The maximum Gasteiger partial charge on any atom is 0.271 e. The minimum absolute atomic E-state index is 0.0947. The number of aryl methyl sites for hydroxylation is 1. The molecule has 98 valence electrons. The van der Waals surface area contributed by atoms with Gasteiger partial charge in [0.25, 0.3) is 5.91 Å². The predicted octanol–water partition coefficient (Wildman–Crippen LogP) is 0.228. The minimum Gasteiger partial charge on any atom is -0.354 e. The molecule has 0 bridgehead atoms. The van der Waals surface area contributed by atoms with Crippen LogP contribution in [-0.2, 0) is 11.2 Å². The quantitative estimate of drug-likeness (QED) is 0.631. The minimum atomic E-state index is -0.216. The first kappa shape index (κ1) is 12.6. The standard InChI is InChI=1S/C12H18N4O2/c1-2-9-7-10(16-15-9)12(18)14-6-5-13-11(17)8-3-4-8/h7-8H,2-6H2,1H3,(H,13,17)(H,14,18)(H,15,16). The third-order valence-electron chi connectivity index (χ3n) is 2.90. The van der Waals surface area contributed by atoms with Gasteiger partial charge in [-0.15, -0.1) is 0 Å². The van der Waals surface area contributed by atoms with Crippen LogP contribution in [-0.4, -0.2) is 35.1 Å². The van der Waals surface area contributed by atoms with Gasteiger partial charge in [0, 0.05) is 24.7 Å². The van der Waals surface area contributed by atoms with Crippen molar-refractivity contribution in [2.24, 2.45) is 5.92 Å². The van der Waals surface area contributed by atoms with E-state index < -0.39 is 0 Å². The van der Waals surface area contributed by atoms with Gasteiger partial charge in [-0.3, -0.25) is 14.7 Å². The zero-order chi connectivity index (χ0) is 13.0. The first-order valence-electron chi connectivity index (χ1n) is 6.31. The second-order valence-electron chi connectivity index (χ2n) is 4.45. The summed E-state index contributed by atoms with van der Waals surface area (Å²) >= 11 is 0. The molecule has 1 heterocycles. The average Bonchev–Trinajstić information content (AvgIpc) is 3.12. The van der Waals surface area contributed by atoms with E-state index in [1.54, 1.807) is 6.07 Å². The van der Waals surface area contributed by atoms with Gasteiger partial charge in [-0.25, -0.2) is 0 Å². The van der Waals surface area contributed by atoms with Crippen molar-refractivity contribution < 1.29 is 9.59 Å². The number of nitrogens with one attached hydrogen (secondary N) is 3. The van der Waals surface area contributed by atoms with Crippen LogP contribution >= 0.6 is 0 Å². The summed E-state index contributed by atoms with van der Waals surface area (Å²) in [5, 5.41) is 12.2. The number of amides is 2. The molecule has 0 saturated heterocycles. The lowest BCUT2D eigenvalue weighted by molar-refractivity contribution is -0.122. The smallest absolute Gasteiger partial charge is 0.271 e. The van der Waals surface area contributed by atoms with E-state index in [9.17, 15) is 9.59 Å². The molecule has 6 heteroatoms. The van der Waals surface area contributed by atoms with Crippen LogP contribution in [0.5, 0.6) is 0 Å². The van der Waals surface area contributed by atoms with Gasteiger partial charge in [-0.1, -0.05) is 6.92 Å². The van der Waals surface area contributed by atoms with Crippen LogP contribution in [0.1, 0.15) is 35.9 Å². The number of hydrogen-bond acceptors (Lipinski definition) is 3. The maximum atomic E-state index is 11.7. The number of aromatic nitrogens is 2. The molecule has 1 saturated carbocycles. The molecule has 18 heavy (non-hydrogen) atoms. The van der Waals surface area contributed by atoms with Gasteiger partial charge in [0.1, 0.15) is 5.69 Å². The molecule has 0 unspecified atom stereocenters. The van der Waals surface area contributed by atoms with Crippen molar-refractivity contribution in [2.75, 3.05) is 13.1 Å². The van der Waals surface area contributed by atoms with Gasteiger partial charge < -0.3 is 10.6 Å². The normalized spacial score (nSPS) is 14.3. The number of aromatic amines is 1. The molecule has 0 radical (unpaired) electrons. The summed E-state index contributed by atoms with van der Waals surface area (Å²) in [7, 11) is 0. The summed E-state index contributed by atoms with van der Waals surface area (Å²) in [6.45, 7) is 2.88. The zero-order valence-electron chi connectivity index (χ0n) is 10.5. The fourth-order valence-corrected chi connectivity index (χ4v) is 1.60. The SMILES string of the molecule is CCc1cc(C(=O)NCCNC(=O)C2CC2)n[nH]1. The number of H-pyrrole nitrogens is 1. The van der Waals surface area contributed by atoms with Crippen LogP contribution in [0.4, 0.5) is 0 Å². The number of nitrogens with zero attached hydrogens (tertiary/aromatic N) is 1. The molecule has 0 aromatic carbocycles. The molecule has 2 rings (SSSR count). The molecule has 0 spiro atoms. The zero-order valence-corrected chi connectivity index (χ0v) is 10.5. The first-order chi connectivity index (χ1) is 8.70. The Labute approximate surface area is 106 Å². The second-order valence-corrected chi connectivity index (χ2v) is 4.45. The Morgan fingerprint density at radius 1 is 1.39 bits per heavy atom. The van der Waals surface area contributed by atoms with Crippen LogP contribution in [0.2, 0.25) is 0 Å². The highest BCUT2D eigenvalue weighted by Gasteiger charge is 2.28. The van der Waals surface area contributed by atoms with Crippen molar-refractivity contribution in [2.45, 2.75) is 26.2 Å². The van der Waals surface area contributed by atoms with Gasteiger partial charge in [0.05, 0.1) is 0 Å². The monoisotopic (exact) mass is 250 g/mol. The predicted molar refractivity (Wildman–Crippen MR) is 66.0 cm³/mol. The Morgan fingerprint density at radius 3 is 2.72 bits per heavy atom. The van der Waals surface area contributed by atoms with Crippen LogP contribution in [0.3, 0.4) is 0 Å². The number of hydrogen-bond donors (Lipinski definition) is 3. The summed E-state index contributed by atoms with van der Waals surface area (Å²) in [6.07, 6.45) is 2.80. The van der Waals surface area contributed by atoms with Gasteiger partial charge >= 0.3 is 0 Å². The van der Waals surface area contributed by atoms with Crippen molar-refractivity contribution in [1.82, 2.24) is 20.8 Å². The second kappa shape index (κ2) is 5.66. The Kier molecular flexibility index (Phi) is 3.96. The first-order valence-corrected chi connectivity index (χ1v) is 6.31. The van der Waals surface area contributed by atoms with Crippen molar-refractivity contribution in [3.05, 3.63) is 17.5 Å². The third-order valence-corrected chi connectivity index (χ3v) is 2.90. The topological polar surface area (TPSA) is 86.9 Å². The molecular weight excluding hydrogens is 232 g/mol. The fraction of sp³-hybridized carbons (Fsp3) is 0.583. The fourth-order valence-electron chi connectivity index (χ4n) is 1.60. The lowest BCUT2D eigenvalue weighted by Crippen LogP contribution is -2.35. The number of carbonyl (C=O) groups excluding carboxylic acids is 2. The molecule has 1 fully saturated rings. The Morgan fingerprint density at radius 2 is 2.11 bits per heavy atom. The lowest BCUT2D eigenvalue weighted by Gasteiger charge is -2.04.